The lowest BCUT2D eigenvalue weighted by atomic mass is 9.89. The second-order valence-electron chi connectivity index (χ2n) is 7.53. The molecule has 2 aliphatic rings. The van der Waals surface area contributed by atoms with Gasteiger partial charge in [-0.05, 0) is 99.1 Å². The molecular formula is C22H28N2. The van der Waals surface area contributed by atoms with E-state index in [0.29, 0.717) is 0 Å². The molecule has 1 saturated heterocycles. The minimum absolute atomic E-state index is 0.737. The Bertz CT molecular complexity index is 696. The van der Waals surface area contributed by atoms with Crippen molar-refractivity contribution in [3.05, 3.63) is 59.2 Å². The van der Waals surface area contributed by atoms with Gasteiger partial charge in [-0.15, -0.1) is 0 Å². The maximum absolute atomic E-state index is 2.44. The molecule has 2 aromatic rings. The Labute approximate surface area is 146 Å². The average Bonchev–Trinajstić information content (AvgIpc) is 3.09. The van der Waals surface area contributed by atoms with Gasteiger partial charge in [0.1, 0.15) is 0 Å². The van der Waals surface area contributed by atoms with E-state index < -0.39 is 0 Å². The zero-order valence-electron chi connectivity index (χ0n) is 15.0. The van der Waals surface area contributed by atoms with E-state index in [0.717, 1.165) is 5.92 Å². The number of fused-ring (bicyclic) bond motifs is 1. The number of hydrogen-bond donors (Lipinski definition) is 0. The number of hydrogen-bond acceptors (Lipinski definition) is 2. The number of nitrogens with zero attached hydrogens (tertiary/aromatic N) is 2. The number of rotatable bonds is 3. The van der Waals surface area contributed by atoms with Gasteiger partial charge in [0.15, 0.2) is 0 Å². The van der Waals surface area contributed by atoms with Gasteiger partial charge in [0.2, 0.25) is 0 Å². The fourth-order valence-corrected chi connectivity index (χ4v) is 4.23. The summed E-state index contributed by atoms with van der Waals surface area (Å²) in [6.07, 6.45) is 6.39. The van der Waals surface area contributed by atoms with E-state index in [2.05, 4.69) is 66.4 Å². The molecule has 1 aliphatic carbocycles. The van der Waals surface area contributed by atoms with Crippen LogP contribution in [-0.4, -0.2) is 32.1 Å². The van der Waals surface area contributed by atoms with Crippen LogP contribution in [0.4, 0.5) is 11.4 Å². The van der Waals surface area contributed by atoms with Crippen LogP contribution < -0.4 is 4.90 Å². The number of benzene rings is 2. The largest absolute Gasteiger partial charge is 0.345 e. The van der Waals surface area contributed by atoms with E-state index in [1.807, 2.05) is 0 Å². The molecule has 0 amide bonds. The summed E-state index contributed by atoms with van der Waals surface area (Å²) in [5.41, 5.74) is 7.19. The summed E-state index contributed by atoms with van der Waals surface area (Å²) in [4.78, 5) is 4.75. The van der Waals surface area contributed by atoms with Gasteiger partial charge in [-0.2, -0.15) is 0 Å². The summed E-state index contributed by atoms with van der Waals surface area (Å²) >= 11 is 0. The molecule has 4 rings (SSSR count). The molecule has 2 aromatic carbocycles. The SMILES string of the molecule is CN1CCC(c2ccc(N(C)c3ccc4c(c3)CCC4)cc2)CC1. The molecule has 0 N–H and O–H groups in total. The number of anilines is 2. The average molecular weight is 320 g/mol. The Hall–Kier alpha value is -1.80. The molecule has 0 aromatic heterocycles. The van der Waals surface area contributed by atoms with Gasteiger partial charge < -0.3 is 9.80 Å². The van der Waals surface area contributed by atoms with Gasteiger partial charge in [0.25, 0.3) is 0 Å². The molecule has 0 radical (unpaired) electrons. The highest BCUT2D eigenvalue weighted by atomic mass is 15.1. The van der Waals surface area contributed by atoms with Crippen LogP contribution in [0.15, 0.2) is 42.5 Å². The standard InChI is InChI=1S/C22H28N2/c1-23-14-12-19(13-15-23)18-6-9-21(10-7-18)24(2)22-11-8-17-4-3-5-20(17)16-22/h6-11,16,19H,3-5,12-15H2,1-2H3. The van der Waals surface area contributed by atoms with E-state index >= 15 is 0 Å². The molecule has 1 fully saturated rings. The quantitative estimate of drug-likeness (QED) is 0.805. The zero-order valence-corrected chi connectivity index (χ0v) is 15.0. The van der Waals surface area contributed by atoms with E-state index in [9.17, 15) is 0 Å². The highest BCUT2D eigenvalue weighted by molar-refractivity contribution is 5.64. The van der Waals surface area contributed by atoms with Crippen LogP contribution in [0.2, 0.25) is 0 Å². The summed E-state index contributed by atoms with van der Waals surface area (Å²) in [5.74, 6) is 0.737. The van der Waals surface area contributed by atoms with Crippen molar-refractivity contribution in [1.29, 1.82) is 0 Å². The highest BCUT2D eigenvalue weighted by Crippen LogP contribution is 2.32. The van der Waals surface area contributed by atoms with Crippen LogP contribution in [0.5, 0.6) is 0 Å². The molecule has 0 spiro atoms. The molecule has 24 heavy (non-hydrogen) atoms. The van der Waals surface area contributed by atoms with Gasteiger partial charge >= 0.3 is 0 Å². The molecule has 0 bridgehead atoms. The summed E-state index contributed by atoms with van der Waals surface area (Å²) < 4.78 is 0. The Morgan fingerprint density at radius 1 is 0.875 bits per heavy atom. The summed E-state index contributed by atoms with van der Waals surface area (Å²) in [6.45, 7) is 2.45. The lowest BCUT2D eigenvalue weighted by molar-refractivity contribution is 0.255. The first-order chi connectivity index (χ1) is 11.7. The van der Waals surface area contributed by atoms with Crippen molar-refractivity contribution in [2.24, 2.45) is 0 Å². The predicted octanol–water partition coefficient (Wildman–Crippen LogP) is 4.75. The fourth-order valence-electron chi connectivity index (χ4n) is 4.23. The van der Waals surface area contributed by atoms with Crippen LogP contribution in [0, 0.1) is 0 Å². The van der Waals surface area contributed by atoms with Crippen molar-refractivity contribution in [3.8, 4) is 0 Å². The second-order valence-corrected chi connectivity index (χ2v) is 7.53. The Kier molecular flexibility index (Phi) is 4.32. The molecule has 2 nitrogen and oxygen atoms in total. The highest BCUT2D eigenvalue weighted by Gasteiger charge is 2.18. The number of piperidine rings is 1. The van der Waals surface area contributed by atoms with Gasteiger partial charge in [0, 0.05) is 18.4 Å². The Morgan fingerprint density at radius 2 is 1.54 bits per heavy atom. The number of aryl methyl sites for hydroxylation is 2. The van der Waals surface area contributed by atoms with E-state index in [-0.39, 0.29) is 0 Å². The fraction of sp³-hybridized carbons (Fsp3) is 0.455. The van der Waals surface area contributed by atoms with Crippen LogP contribution in [-0.2, 0) is 12.8 Å². The van der Waals surface area contributed by atoms with Crippen molar-refractivity contribution in [2.75, 3.05) is 32.1 Å². The van der Waals surface area contributed by atoms with Gasteiger partial charge in [-0.25, -0.2) is 0 Å². The summed E-state index contributed by atoms with van der Waals surface area (Å²) in [5, 5.41) is 0. The van der Waals surface area contributed by atoms with Crippen molar-refractivity contribution < 1.29 is 0 Å². The smallest absolute Gasteiger partial charge is 0.0411 e. The minimum Gasteiger partial charge on any atom is -0.345 e. The molecule has 0 saturated carbocycles. The van der Waals surface area contributed by atoms with Gasteiger partial charge in [0.05, 0.1) is 0 Å². The van der Waals surface area contributed by atoms with E-state index in [4.69, 9.17) is 0 Å². The Morgan fingerprint density at radius 3 is 2.29 bits per heavy atom. The molecule has 1 heterocycles. The van der Waals surface area contributed by atoms with Crippen LogP contribution in [0.3, 0.4) is 0 Å². The molecule has 126 valence electrons. The maximum atomic E-state index is 2.44. The molecule has 0 unspecified atom stereocenters. The second kappa shape index (κ2) is 6.60. The molecule has 2 heteroatoms. The van der Waals surface area contributed by atoms with E-state index in [1.165, 1.54) is 62.1 Å². The third-order valence-corrected chi connectivity index (χ3v) is 5.94. The first kappa shape index (κ1) is 15.7. The van der Waals surface area contributed by atoms with Crippen LogP contribution in [0.25, 0.3) is 0 Å². The maximum Gasteiger partial charge on any atom is 0.0411 e. The van der Waals surface area contributed by atoms with E-state index in [1.54, 1.807) is 11.1 Å². The Balaban J connectivity index is 1.50. The van der Waals surface area contributed by atoms with Crippen LogP contribution in [0.1, 0.15) is 41.9 Å². The number of likely N-dealkylation sites (tertiary alicyclic amines) is 1. The lowest BCUT2D eigenvalue weighted by Crippen LogP contribution is -2.29. The topological polar surface area (TPSA) is 6.48 Å². The summed E-state index contributed by atoms with van der Waals surface area (Å²) in [6, 6.07) is 16.2. The third kappa shape index (κ3) is 3.08. The van der Waals surface area contributed by atoms with Crippen molar-refractivity contribution >= 4 is 11.4 Å². The van der Waals surface area contributed by atoms with Crippen molar-refractivity contribution in [2.45, 2.75) is 38.0 Å². The van der Waals surface area contributed by atoms with Crippen LogP contribution >= 0.6 is 0 Å². The molecular weight excluding hydrogens is 292 g/mol. The predicted molar refractivity (Wildman–Crippen MR) is 102 cm³/mol. The van der Waals surface area contributed by atoms with Crippen molar-refractivity contribution in [3.63, 3.8) is 0 Å². The van der Waals surface area contributed by atoms with Gasteiger partial charge in [-0.3, -0.25) is 0 Å². The lowest BCUT2D eigenvalue weighted by Gasteiger charge is -2.29. The van der Waals surface area contributed by atoms with Gasteiger partial charge in [-0.1, -0.05) is 18.2 Å². The minimum atomic E-state index is 0.737. The first-order valence-corrected chi connectivity index (χ1v) is 9.35. The normalized spacial score (nSPS) is 18.6. The molecule has 1 aliphatic heterocycles. The molecule has 0 atom stereocenters. The monoisotopic (exact) mass is 320 g/mol. The zero-order chi connectivity index (χ0) is 16.5. The third-order valence-electron chi connectivity index (χ3n) is 5.94. The van der Waals surface area contributed by atoms with Crippen molar-refractivity contribution in [1.82, 2.24) is 4.90 Å². The summed E-state index contributed by atoms with van der Waals surface area (Å²) in [7, 11) is 4.41. The first-order valence-electron chi connectivity index (χ1n) is 9.35.